The van der Waals surface area contributed by atoms with Gasteiger partial charge in [-0.1, -0.05) is 0 Å². The first-order valence-electron chi connectivity index (χ1n) is 1.33. The molecule has 2 nitrogen and oxygen atoms in total. The van der Waals surface area contributed by atoms with Crippen LogP contribution in [0, 0.1) is 0 Å². The van der Waals surface area contributed by atoms with E-state index < -0.39 is 0 Å². The molecule has 0 rings (SSSR count). The van der Waals surface area contributed by atoms with Crippen LogP contribution in [0.25, 0.3) is 0 Å². The summed E-state index contributed by atoms with van der Waals surface area (Å²) in [6, 6.07) is 0. The molecule has 0 spiro atoms. The zero-order valence-corrected chi connectivity index (χ0v) is 12.7. The second-order valence-electron chi connectivity index (χ2n) is 0.375. The molecule has 0 amide bonds. The minimum absolute atomic E-state index is 0. The topological polar surface area (TPSA) is 29.5 Å². The van der Waals surface area contributed by atoms with Crippen LogP contribution >= 0.6 is 32.5 Å². The molecule has 0 saturated heterocycles. The summed E-state index contributed by atoms with van der Waals surface area (Å²) >= 11 is 5.12. The predicted octanol–water partition coefficient (Wildman–Crippen LogP) is 0.438. The Hall–Kier alpha value is 1.76. The van der Waals surface area contributed by atoms with Crippen molar-refractivity contribution >= 4 is 58.7 Å². The van der Waals surface area contributed by atoms with Crippen molar-refractivity contribution in [2.75, 3.05) is 6.61 Å². The normalized spacial score (nSPS) is 5.14. The van der Waals surface area contributed by atoms with Crippen molar-refractivity contribution in [2.24, 2.45) is 0 Å². The van der Waals surface area contributed by atoms with Gasteiger partial charge in [-0.2, -0.15) is 0 Å². The molecule has 48 valence electrons. The van der Waals surface area contributed by atoms with Gasteiger partial charge >= 0.3 is 26.2 Å². The summed E-state index contributed by atoms with van der Waals surface area (Å²) in [4.78, 5) is 0. The molecule has 0 aliphatic heterocycles. The number of hydrogen-bond acceptors (Lipinski definition) is 2. The fourth-order valence-corrected chi connectivity index (χ4v) is 0. The summed E-state index contributed by atoms with van der Waals surface area (Å²) in [6.45, 7) is 1.93. The van der Waals surface area contributed by atoms with E-state index in [1.807, 2.05) is 0 Å². The first-order valence-corrected chi connectivity index (χ1v) is 2.63. The van der Waals surface area contributed by atoms with Crippen LogP contribution in [0.5, 0.6) is 0 Å². The predicted molar refractivity (Wildman–Crippen MR) is 41.6 cm³/mol. The van der Waals surface area contributed by atoms with E-state index in [0.717, 1.165) is 0 Å². The summed E-state index contributed by atoms with van der Waals surface area (Å²) in [6.07, 6.45) is 0. The van der Waals surface area contributed by atoms with E-state index in [9.17, 15) is 0 Å². The summed E-state index contributed by atoms with van der Waals surface area (Å²) < 4.78 is 3.88. The molecule has 0 fully saturated rings. The number of aliphatic hydroxyl groups excluding tert-OH is 1. The Morgan fingerprint density at radius 3 is 1.57 bits per heavy atom. The first-order chi connectivity index (χ1) is 2.83. The Bertz CT molecular complexity index is 15.7. The Balaban J connectivity index is -0.0000000400. The van der Waals surface area contributed by atoms with E-state index in [4.69, 9.17) is 5.11 Å². The zero-order chi connectivity index (χ0) is 5.41. The Morgan fingerprint density at radius 1 is 1.57 bits per heavy atom. The molecule has 0 aromatic heterocycles. The van der Waals surface area contributed by atoms with E-state index in [-0.39, 0.29) is 32.8 Å². The Labute approximate surface area is 79.7 Å². The Morgan fingerprint density at radius 2 is 1.57 bits per heavy atom. The molecule has 0 bridgehead atoms. The molecule has 5 heteroatoms. The molecular formula is C2H9BiBr2O2. The maximum absolute atomic E-state index is 7.57. The van der Waals surface area contributed by atoms with Crippen LogP contribution in [-0.2, 0) is 2.92 Å². The van der Waals surface area contributed by atoms with Crippen LogP contribution in [0.3, 0.4) is 0 Å². The summed E-state index contributed by atoms with van der Waals surface area (Å²) in [5, 5.41) is 7.57. The van der Waals surface area contributed by atoms with Gasteiger partial charge in [-0.3, -0.25) is 0 Å². The van der Waals surface area contributed by atoms with Crippen LogP contribution in [0.15, 0.2) is 0 Å². The zero-order valence-electron chi connectivity index (χ0n) is 4.03. The van der Waals surface area contributed by atoms with Gasteiger partial charge in [0.2, 0.25) is 0 Å². The van der Waals surface area contributed by atoms with Crippen molar-refractivity contribution in [1.82, 2.24) is 0 Å². The SMILES string of the molecule is BrOBr.CCO.[BiH3]. The van der Waals surface area contributed by atoms with E-state index >= 15 is 0 Å². The molecular weight excluding hydrogens is 425 g/mol. The van der Waals surface area contributed by atoms with Crippen LogP contribution < -0.4 is 0 Å². The number of halogens is 2. The van der Waals surface area contributed by atoms with E-state index in [1.165, 1.54) is 0 Å². The third kappa shape index (κ3) is 82.9. The number of aliphatic hydroxyl groups is 1. The van der Waals surface area contributed by atoms with Gasteiger partial charge in [0.1, 0.15) is 32.5 Å². The van der Waals surface area contributed by atoms with Gasteiger partial charge in [0.05, 0.1) is 0 Å². The number of rotatable bonds is 0. The van der Waals surface area contributed by atoms with Crippen molar-refractivity contribution in [2.45, 2.75) is 6.92 Å². The van der Waals surface area contributed by atoms with E-state index in [0.29, 0.717) is 0 Å². The molecule has 0 aromatic carbocycles. The summed E-state index contributed by atoms with van der Waals surface area (Å²) in [5.74, 6) is 0. The second kappa shape index (κ2) is 25.1. The van der Waals surface area contributed by atoms with Gasteiger partial charge in [-0.05, 0) is 6.92 Å². The molecule has 0 aromatic rings. The van der Waals surface area contributed by atoms with Gasteiger partial charge < -0.3 is 5.11 Å². The first kappa shape index (κ1) is 15.9. The molecule has 0 atom stereocenters. The van der Waals surface area contributed by atoms with Gasteiger partial charge in [-0.15, -0.1) is 0 Å². The van der Waals surface area contributed by atoms with Crippen LogP contribution in [0.2, 0.25) is 0 Å². The molecule has 0 aliphatic carbocycles. The monoisotopic (exact) mass is 432 g/mol. The van der Waals surface area contributed by atoms with Gasteiger partial charge in [0.25, 0.3) is 0 Å². The van der Waals surface area contributed by atoms with Gasteiger partial charge in [-0.25, -0.2) is 2.92 Å². The summed E-state index contributed by atoms with van der Waals surface area (Å²) in [5.41, 5.74) is 0. The number of hydrogen-bond donors (Lipinski definition) is 1. The fraction of sp³-hybridized carbons (Fsp3) is 1.00. The van der Waals surface area contributed by atoms with Crippen LogP contribution in [0.1, 0.15) is 6.92 Å². The molecule has 0 saturated carbocycles. The standard InChI is InChI=1S/C2H6O.Bi.Br2O.3H/c1-2-3;;1-3-2;;;/h3H,2H2,1H3;;;;;. The Kier molecular flexibility index (Phi) is 57.0. The molecule has 0 radical (unpaired) electrons. The van der Waals surface area contributed by atoms with Crippen molar-refractivity contribution in [3.05, 3.63) is 0 Å². The average Bonchev–Trinajstić information content (AvgIpc) is 1.39. The maximum atomic E-state index is 7.57. The second-order valence-corrected chi connectivity index (χ2v) is 1.89. The van der Waals surface area contributed by atoms with Gasteiger partial charge in [0, 0.05) is 6.61 Å². The fourth-order valence-electron chi connectivity index (χ4n) is 0. The third-order valence-corrected chi connectivity index (χ3v) is 0. The van der Waals surface area contributed by atoms with E-state index in [2.05, 4.69) is 35.4 Å². The van der Waals surface area contributed by atoms with Crippen molar-refractivity contribution in [1.29, 1.82) is 0 Å². The van der Waals surface area contributed by atoms with Gasteiger partial charge in [0.15, 0.2) is 0 Å². The van der Waals surface area contributed by atoms with Crippen LogP contribution in [0.4, 0.5) is 0 Å². The van der Waals surface area contributed by atoms with E-state index in [1.54, 1.807) is 6.92 Å². The third-order valence-electron chi connectivity index (χ3n) is 0. The van der Waals surface area contributed by atoms with Crippen LogP contribution in [-0.4, -0.2) is 37.9 Å². The molecule has 0 unspecified atom stereocenters. The molecule has 1 N–H and O–H groups in total. The molecule has 7 heavy (non-hydrogen) atoms. The summed E-state index contributed by atoms with van der Waals surface area (Å²) in [7, 11) is 0. The van der Waals surface area contributed by atoms with Crippen molar-refractivity contribution in [3.63, 3.8) is 0 Å². The minimum atomic E-state index is 0. The molecule has 0 aliphatic rings. The van der Waals surface area contributed by atoms with Crippen molar-refractivity contribution < 1.29 is 8.03 Å². The average molecular weight is 434 g/mol. The molecule has 0 heterocycles. The van der Waals surface area contributed by atoms with Crippen molar-refractivity contribution in [3.8, 4) is 0 Å². The quantitative estimate of drug-likeness (QED) is 0.562.